The lowest BCUT2D eigenvalue weighted by Crippen LogP contribution is -2.27. The highest BCUT2D eigenvalue weighted by molar-refractivity contribution is 5.79. The molecule has 5 heteroatoms. The lowest BCUT2D eigenvalue weighted by molar-refractivity contribution is 0.233. The van der Waals surface area contributed by atoms with Crippen molar-refractivity contribution in [1.82, 2.24) is 5.48 Å². The van der Waals surface area contributed by atoms with E-state index in [2.05, 4.69) is 4.99 Å². The number of guanidine groups is 1. The predicted octanol–water partition coefficient (Wildman–Crippen LogP) is 0.620. The minimum atomic E-state index is -0.0618. The van der Waals surface area contributed by atoms with Crippen LogP contribution in [0.5, 0.6) is 5.75 Å². The summed E-state index contributed by atoms with van der Waals surface area (Å²) >= 11 is 0. The smallest absolute Gasteiger partial charge is 0.218 e. The molecule has 0 saturated heterocycles. The van der Waals surface area contributed by atoms with E-state index in [-0.39, 0.29) is 5.96 Å². The highest BCUT2D eigenvalue weighted by Crippen LogP contribution is 2.18. The Balaban J connectivity index is 2.89. The monoisotopic (exact) mass is 181 g/mol. The molecule has 0 aliphatic rings. The standard InChI is InChI=1S/C8H11N3O2/c1-13-7-4-2-3-6(5-7)10-8(9)11-12/h2-5,12H,1H3,(H3,9,10,11). The predicted molar refractivity (Wildman–Crippen MR) is 49.2 cm³/mol. The molecule has 0 saturated carbocycles. The zero-order valence-corrected chi connectivity index (χ0v) is 7.19. The number of nitrogens with zero attached hydrogens (tertiary/aromatic N) is 1. The third kappa shape index (κ3) is 2.64. The van der Waals surface area contributed by atoms with Crippen LogP contribution in [0.15, 0.2) is 29.3 Å². The maximum absolute atomic E-state index is 8.39. The number of hydroxylamine groups is 1. The number of benzene rings is 1. The molecule has 0 aromatic heterocycles. The zero-order chi connectivity index (χ0) is 9.68. The maximum Gasteiger partial charge on any atom is 0.218 e. The summed E-state index contributed by atoms with van der Waals surface area (Å²) in [6.45, 7) is 0. The molecule has 5 nitrogen and oxygen atoms in total. The number of nitrogens with one attached hydrogen (secondary N) is 1. The van der Waals surface area contributed by atoms with Gasteiger partial charge in [-0.1, -0.05) is 6.07 Å². The van der Waals surface area contributed by atoms with Gasteiger partial charge in [0.15, 0.2) is 0 Å². The molecule has 0 atom stereocenters. The van der Waals surface area contributed by atoms with Crippen molar-refractivity contribution in [2.75, 3.05) is 7.11 Å². The normalized spacial score (nSPS) is 11.1. The second-order valence-corrected chi connectivity index (χ2v) is 2.31. The van der Waals surface area contributed by atoms with Gasteiger partial charge in [0.25, 0.3) is 0 Å². The fourth-order valence-corrected chi connectivity index (χ4v) is 0.844. The maximum atomic E-state index is 8.39. The summed E-state index contributed by atoms with van der Waals surface area (Å²) in [5.74, 6) is 0.625. The highest BCUT2D eigenvalue weighted by Gasteiger charge is 1.94. The molecule has 70 valence electrons. The SMILES string of the molecule is COc1cccc(N=C(N)NO)c1. The number of hydrogen-bond donors (Lipinski definition) is 3. The molecule has 1 rings (SSSR count). The average Bonchev–Trinajstić information content (AvgIpc) is 2.18. The molecule has 0 unspecified atom stereocenters. The molecule has 1 aromatic carbocycles. The van der Waals surface area contributed by atoms with E-state index >= 15 is 0 Å². The number of hydrogen-bond acceptors (Lipinski definition) is 3. The van der Waals surface area contributed by atoms with Crippen molar-refractivity contribution in [2.24, 2.45) is 10.7 Å². The molecule has 1 aromatic rings. The van der Waals surface area contributed by atoms with Crippen LogP contribution in [0.2, 0.25) is 0 Å². The van der Waals surface area contributed by atoms with E-state index in [1.165, 1.54) is 0 Å². The molecule has 0 spiro atoms. The van der Waals surface area contributed by atoms with E-state index in [0.717, 1.165) is 0 Å². The molecule has 0 radical (unpaired) electrons. The van der Waals surface area contributed by atoms with Crippen molar-refractivity contribution >= 4 is 11.6 Å². The first kappa shape index (κ1) is 9.34. The fourth-order valence-electron chi connectivity index (χ4n) is 0.844. The first-order chi connectivity index (χ1) is 6.26. The molecule has 0 heterocycles. The Labute approximate surface area is 75.8 Å². The molecule has 0 aliphatic heterocycles. The lowest BCUT2D eigenvalue weighted by atomic mass is 10.3. The van der Waals surface area contributed by atoms with E-state index in [1.807, 2.05) is 0 Å². The molecule has 13 heavy (non-hydrogen) atoms. The Morgan fingerprint density at radius 3 is 3.00 bits per heavy atom. The van der Waals surface area contributed by atoms with Crippen molar-refractivity contribution in [1.29, 1.82) is 0 Å². The van der Waals surface area contributed by atoms with Gasteiger partial charge in [-0.05, 0) is 12.1 Å². The van der Waals surface area contributed by atoms with Crippen LogP contribution >= 0.6 is 0 Å². The number of methoxy groups -OCH3 is 1. The van der Waals surface area contributed by atoms with Crippen LogP contribution < -0.4 is 16.0 Å². The second kappa shape index (κ2) is 4.32. The van der Waals surface area contributed by atoms with E-state index in [0.29, 0.717) is 11.4 Å². The largest absolute Gasteiger partial charge is 0.497 e. The van der Waals surface area contributed by atoms with Crippen molar-refractivity contribution in [3.05, 3.63) is 24.3 Å². The van der Waals surface area contributed by atoms with E-state index < -0.39 is 0 Å². The number of aliphatic imine (C=N–C) groups is 1. The Morgan fingerprint density at radius 2 is 2.38 bits per heavy atom. The molecule has 0 aliphatic carbocycles. The van der Waals surface area contributed by atoms with Gasteiger partial charge >= 0.3 is 0 Å². The molecule has 0 amide bonds. The topological polar surface area (TPSA) is 79.9 Å². The summed E-state index contributed by atoms with van der Waals surface area (Å²) in [6, 6.07) is 7.01. The minimum absolute atomic E-state index is 0.0618. The number of rotatable bonds is 2. The van der Waals surface area contributed by atoms with Gasteiger partial charge in [-0.25, -0.2) is 10.5 Å². The van der Waals surface area contributed by atoms with Gasteiger partial charge in [-0.15, -0.1) is 0 Å². The van der Waals surface area contributed by atoms with Gasteiger partial charge in [0.2, 0.25) is 5.96 Å². The summed E-state index contributed by atoms with van der Waals surface area (Å²) in [5, 5.41) is 8.39. The quantitative estimate of drug-likeness (QED) is 0.355. The van der Waals surface area contributed by atoms with Gasteiger partial charge in [0.1, 0.15) is 5.75 Å². The van der Waals surface area contributed by atoms with Crippen molar-refractivity contribution in [3.63, 3.8) is 0 Å². The van der Waals surface area contributed by atoms with Gasteiger partial charge in [0, 0.05) is 6.07 Å². The molecule has 0 fully saturated rings. The molecular formula is C8H11N3O2. The van der Waals surface area contributed by atoms with Crippen molar-refractivity contribution in [2.45, 2.75) is 0 Å². The van der Waals surface area contributed by atoms with Crippen LogP contribution in [0.1, 0.15) is 0 Å². The third-order valence-corrected chi connectivity index (χ3v) is 1.42. The van der Waals surface area contributed by atoms with Gasteiger partial charge in [-0.2, -0.15) is 0 Å². The van der Waals surface area contributed by atoms with Gasteiger partial charge < -0.3 is 10.5 Å². The van der Waals surface area contributed by atoms with E-state index in [4.69, 9.17) is 15.7 Å². The lowest BCUT2D eigenvalue weighted by Gasteiger charge is -2.00. The van der Waals surface area contributed by atoms with Gasteiger partial charge in [-0.3, -0.25) is 5.21 Å². The summed E-state index contributed by atoms with van der Waals surface area (Å²) < 4.78 is 4.98. The Morgan fingerprint density at radius 1 is 1.62 bits per heavy atom. The first-order valence-electron chi connectivity index (χ1n) is 3.64. The van der Waals surface area contributed by atoms with Crippen LogP contribution in [0.4, 0.5) is 5.69 Å². The summed E-state index contributed by atoms with van der Waals surface area (Å²) in [5.41, 5.74) is 7.59. The molecule has 4 N–H and O–H groups in total. The Bertz CT molecular complexity index is 312. The van der Waals surface area contributed by atoms with E-state index in [1.54, 1.807) is 36.9 Å². The van der Waals surface area contributed by atoms with Crippen LogP contribution in [-0.2, 0) is 0 Å². The van der Waals surface area contributed by atoms with Gasteiger partial charge in [0.05, 0.1) is 12.8 Å². The summed E-state index contributed by atoms with van der Waals surface area (Å²) in [4.78, 5) is 3.84. The third-order valence-electron chi connectivity index (χ3n) is 1.42. The molecular weight excluding hydrogens is 170 g/mol. The second-order valence-electron chi connectivity index (χ2n) is 2.31. The fraction of sp³-hybridized carbons (Fsp3) is 0.125. The average molecular weight is 181 g/mol. The van der Waals surface area contributed by atoms with Crippen molar-refractivity contribution < 1.29 is 9.94 Å². The van der Waals surface area contributed by atoms with Crippen LogP contribution in [-0.4, -0.2) is 18.3 Å². The zero-order valence-electron chi connectivity index (χ0n) is 7.19. The van der Waals surface area contributed by atoms with Crippen molar-refractivity contribution in [3.8, 4) is 5.75 Å². The summed E-state index contributed by atoms with van der Waals surface area (Å²) in [7, 11) is 1.57. The minimum Gasteiger partial charge on any atom is -0.497 e. The summed E-state index contributed by atoms with van der Waals surface area (Å²) in [6.07, 6.45) is 0. The van der Waals surface area contributed by atoms with Crippen LogP contribution in [0.25, 0.3) is 0 Å². The van der Waals surface area contributed by atoms with Crippen LogP contribution in [0.3, 0.4) is 0 Å². The molecule has 0 bridgehead atoms. The van der Waals surface area contributed by atoms with Crippen LogP contribution in [0, 0.1) is 0 Å². The number of nitrogens with two attached hydrogens (primary N) is 1. The first-order valence-corrected chi connectivity index (χ1v) is 3.64. The Hall–Kier alpha value is -1.75. The highest BCUT2D eigenvalue weighted by atomic mass is 16.5. The number of ether oxygens (including phenoxy) is 1. The Kier molecular flexibility index (Phi) is 3.10. The van der Waals surface area contributed by atoms with E-state index in [9.17, 15) is 0 Å².